The van der Waals surface area contributed by atoms with Crippen molar-refractivity contribution in [1.82, 2.24) is 4.31 Å². The Morgan fingerprint density at radius 3 is 2.52 bits per heavy atom. The molecule has 3 rings (SSSR count). The van der Waals surface area contributed by atoms with Crippen LogP contribution < -0.4 is 11.1 Å². The minimum Gasteiger partial charge on any atom is -0.404 e. The van der Waals surface area contributed by atoms with Crippen molar-refractivity contribution in [3.8, 4) is 0 Å². The number of nitrogens with two attached hydrogens (primary N) is 1. The maximum absolute atomic E-state index is 7.72. The standard InChI is InChI=1S/C22H26ClN5S/c23-20-2-4-21(5-3-20)29-28-9-7-16(8-10-28)15-27-22-6-1-17(11-18(22)12-24)19(13-25)14-26/h1-6,11-14,16,24-25,27H,7-10,15,26H2/b19-14+,24-12?,25-13?. The predicted molar refractivity (Wildman–Crippen MR) is 125 cm³/mol. The summed E-state index contributed by atoms with van der Waals surface area (Å²) in [4.78, 5) is 1.22. The lowest BCUT2D eigenvalue weighted by Crippen LogP contribution is -2.31. The SMILES string of the molecule is N=C/C(=C\N)c1ccc(NCC2CCN(Sc3ccc(Cl)cc3)CC2)c(C=N)c1. The summed E-state index contributed by atoms with van der Waals surface area (Å²) in [6, 6.07) is 13.8. The van der Waals surface area contributed by atoms with Crippen LogP contribution in [0.25, 0.3) is 5.57 Å². The van der Waals surface area contributed by atoms with Crippen LogP contribution in [-0.4, -0.2) is 36.4 Å². The van der Waals surface area contributed by atoms with Gasteiger partial charge in [-0.25, -0.2) is 4.31 Å². The normalized spacial score (nSPS) is 15.8. The molecule has 0 bridgehead atoms. The second kappa shape index (κ2) is 10.5. The van der Waals surface area contributed by atoms with E-state index >= 15 is 0 Å². The van der Waals surface area contributed by atoms with E-state index in [1.165, 1.54) is 23.5 Å². The summed E-state index contributed by atoms with van der Waals surface area (Å²) in [6.07, 6.45) is 6.26. The molecule has 1 heterocycles. The molecular formula is C22H26ClN5S. The van der Waals surface area contributed by atoms with Crippen molar-refractivity contribution in [3.05, 3.63) is 64.8 Å². The van der Waals surface area contributed by atoms with Gasteiger partial charge in [0, 0.05) is 65.0 Å². The molecule has 0 radical (unpaired) electrons. The Labute approximate surface area is 181 Å². The van der Waals surface area contributed by atoms with Crippen molar-refractivity contribution in [2.24, 2.45) is 11.7 Å². The minimum absolute atomic E-state index is 0.608. The van der Waals surface area contributed by atoms with Gasteiger partial charge in [0.1, 0.15) is 0 Å². The van der Waals surface area contributed by atoms with Gasteiger partial charge in [0.05, 0.1) is 0 Å². The van der Waals surface area contributed by atoms with Crippen LogP contribution in [0.5, 0.6) is 0 Å². The van der Waals surface area contributed by atoms with Gasteiger partial charge < -0.3 is 21.9 Å². The maximum atomic E-state index is 7.72. The van der Waals surface area contributed by atoms with Gasteiger partial charge in [-0.2, -0.15) is 0 Å². The largest absolute Gasteiger partial charge is 0.404 e. The first-order valence-corrected chi connectivity index (χ1v) is 10.8. The molecule has 7 heteroatoms. The number of halogens is 1. The van der Waals surface area contributed by atoms with Crippen molar-refractivity contribution in [3.63, 3.8) is 0 Å². The summed E-state index contributed by atoms with van der Waals surface area (Å²) in [5.41, 5.74) is 8.81. The van der Waals surface area contributed by atoms with Gasteiger partial charge in [-0.1, -0.05) is 17.7 Å². The second-order valence-electron chi connectivity index (χ2n) is 7.01. The van der Waals surface area contributed by atoms with E-state index in [2.05, 4.69) is 21.8 Å². The van der Waals surface area contributed by atoms with Crippen molar-refractivity contribution in [2.75, 3.05) is 25.0 Å². The van der Waals surface area contributed by atoms with Crippen molar-refractivity contribution in [1.29, 1.82) is 10.8 Å². The monoisotopic (exact) mass is 427 g/mol. The maximum Gasteiger partial charge on any atom is 0.0429 e. The van der Waals surface area contributed by atoms with E-state index < -0.39 is 0 Å². The molecule has 0 spiro atoms. The molecule has 2 aromatic rings. The Hall–Kier alpha value is -2.28. The van der Waals surface area contributed by atoms with E-state index in [1.54, 1.807) is 11.9 Å². The molecule has 0 saturated carbocycles. The van der Waals surface area contributed by atoms with E-state index in [4.69, 9.17) is 28.2 Å². The summed E-state index contributed by atoms with van der Waals surface area (Å²) in [5.74, 6) is 0.608. The number of piperidine rings is 1. The van der Waals surface area contributed by atoms with Crippen molar-refractivity contribution >= 4 is 47.2 Å². The molecule has 0 aromatic heterocycles. The van der Waals surface area contributed by atoms with Crippen molar-refractivity contribution < 1.29 is 0 Å². The average Bonchev–Trinajstić information content (AvgIpc) is 2.76. The summed E-state index contributed by atoms with van der Waals surface area (Å²) >= 11 is 7.75. The van der Waals surface area contributed by atoms with Gasteiger partial charge in [0.15, 0.2) is 0 Å². The topological polar surface area (TPSA) is 89.0 Å². The second-order valence-corrected chi connectivity index (χ2v) is 8.62. The fourth-order valence-corrected chi connectivity index (χ4v) is 4.43. The quantitative estimate of drug-likeness (QED) is 0.347. The number of hydrogen-bond donors (Lipinski definition) is 4. The first-order chi connectivity index (χ1) is 14.1. The highest BCUT2D eigenvalue weighted by molar-refractivity contribution is 7.97. The smallest absolute Gasteiger partial charge is 0.0429 e. The summed E-state index contributed by atoms with van der Waals surface area (Å²) < 4.78 is 2.41. The highest BCUT2D eigenvalue weighted by Gasteiger charge is 2.20. The lowest BCUT2D eigenvalue weighted by molar-refractivity contribution is 0.301. The first kappa shape index (κ1) is 21.4. The first-order valence-electron chi connectivity index (χ1n) is 9.62. The summed E-state index contributed by atoms with van der Waals surface area (Å²) in [5, 5.41) is 19.4. The van der Waals surface area contributed by atoms with Crippen LogP contribution in [0.3, 0.4) is 0 Å². The fraction of sp³-hybridized carbons (Fsp3) is 0.273. The minimum atomic E-state index is 0.608. The number of hydrogen-bond acceptors (Lipinski definition) is 6. The van der Waals surface area contributed by atoms with Crippen LogP contribution in [-0.2, 0) is 0 Å². The van der Waals surface area contributed by atoms with E-state index in [9.17, 15) is 0 Å². The van der Waals surface area contributed by atoms with E-state index in [-0.39, 0.29) is 0 Å². The molecule has 1 saturated heterocycles. The third kappa shape index (κ3) is 5.85. The molecule has 5 N–H and O–H groups in total. The Bertz CT molecular complexity index is 873. The van der Waals surface area contributed by atoms with E-state index in [1.807, 2.05) is 30.3 Å². The Kier molecular flexibility index (Phi) is 7.75. The third-order valence-corrected chi connectivity index (χ3v) is 6.44. The zero-order chi connectivity index (χ0) is 20.6. The molecule has 152 valence electrons. The van der Waals surface area contributed by atoms with E-state index in [0.717, 1.165) is 54.3 Å². The van der Waals surface area contributed by atoms with Gasteiger partial charge in [-0.3, -0.25) is 0 Å². The predicted octanol–water partition coefficient (Wildman–Crippen LogP) is 5.12. The lowest BCUT2D eigenvalue weighted by Gasteiger charge is -2.31. The zero-order valence-corrected chi connectivity index (χ0v) is 17.8. The molecule has 2 aromatic carbocycles. The highest BCUT2D eigenvalue weighted by Crippen LogP contribution is 2.29. The molecule has 5 nitrogen and oxygen atoms in total. The molecule has 1 fully saturated rings. The molecular weight excluding hydrogens is 402 g/mol. The number of allylic oxidation sites excluding steroid dienone is 1. The molecule has 1 aliphatic heterocycles. The van der Waals surface area contributed by atoms with Crippen LogP contribution in [0.4, 0.5) is 5.69 Å². The summed E-state index contributed by atoms with van der Waals surface area (Å²) in [7, 11) is 0. The van der Waals surface area contributed by atoms with Crippen LogP contribution in [0.15, 0.2) is 53.6 Å². The number of anilines is 1. The zero-order valence-electron chi connectivity index (χ0n) is 16.2. The van der Waals surface area contributed by atoms with Gasteiger partial charge in [0.2, 0.25) is 0 Å². The molecule has 0 atom stereocenters. The van der Waals surface area contributed by atoms with Crippen molar-refractivity contribution in [2.45, 2.75) is 17.7 Å². The van der Waals surface area contributed by atoms with Crippen LogP contribution in [0.1, 0.15) is 24.0 Å². The molecule has 0 unspecified atom stereocenters. The van der Waals surface area contributed by atoms with E-state index in [0.29, 0.717) is 11.5 Å². The Balaban J connectivity index is 1.51. The Morgan fingerprint density at radius 2 is 1.90 bits per heavy atom. The number of nitrogens with one attached hydrogen (secondary N) is 3. The Morgan fingerprint density at radius 1 is 1.17 bits per heavy atom. The van der Waals surface area contributed by atoms with Gasteiger partial charge in [0.25, 0.3) is 0 Å². The average molecular weight is 428 g/mol. The highest BCUT2D eigenvalue weighted by atomic mass is 35.5. The third-order valence-electron chi connectivity index (χ3n) is 5.08. The molecule has 1 aliphatic rings. The number of rotatable bonds is 8. The number of benzene rings is 2. The van der Waals surface area contributed by atoms with Gasteiger partial charge >= 0.3 is 0 Å². The summed E-state index contributed by atoms with van der Waals surface area (Å²) in [6.45, 7) is 3.00. The fourth-order valence-electron chi connectivity index (χ4n) is 3.35. The van der Waals surface area contributed by atoms with Gasteiger partial charge in [-0.15, -0.1) is 0 Å². The molecule has 0 aliphatic carbocycles. The lowest BCUT2D eigenvalue weighted by atomic mass is 9.97. The van der Waals surface area contributed by atoms with Gasteiger partial charge in [-0.05, 0) is 72.7 Å². The molecule has 29 heavy (non-hydrogen) atoms. The van der Waals surface area contributed by atoms with Crippen LogP contribution in [0.2, 0.25) is 5.02 Å². The van der Waals surface area contributed by atoms with Crippen LogP contribution in [0, 0.1) is 16.7 Å². The van der Waals surface area contributed by atoms with Crippen LogP contribution >= 0.6 is 23.5 Å². The molecule has 0 amide bonds. The number of nitrogens with zero attached hydrogens (tertiary/aromatic N) is 1.